The highest BCUT2D eigenvalue weighted by molar-refractivity contribution is 7.10. The fraction of sp³-hybridized carbons (Fsp3) is 0.353. The molecule has 0 saturated heterocycles. The zero-order valence-electron chi connectivity index (χ0n) is 14.4. The maximum Gasteiger partial charge on any atom is 0.286 e. The van der Waals surface area contributed by atoms with Crippen LogP contribution in [0.4, 0.5) is 5.69 Å². The number of likely N-dealkylation sites (N-methyl/N-ethyl adjacent to an activating group) is 1. The van der Waals surface area contributed by atoms with Gasteiger partial charge in [0.25, 0.3) is 11.6 Å². The number of carbonyl (C=O) groups is 1. The van der Waals surface area contributed by atoms with Crippen LogP contribution in [0.2, 0.25) is 0 Å². The third-order valence-corrected chi connectivity index (χ3v) is 5.03. The van der Waals surface area contributed by atoms with E-state index in [0.29, 0.717) is 25.5 Å². The molecule has 2 heterocycles. The van der Waals surface area contributed by atoms with Crippen molar-refractivity contribution in [2.45, 2.75) is 6.04 Å². The van der Waals surface area contributed by atoms with Crippen LogP contribution in [0.3, 0.4) is 0 Å². The molecule has 1 aromatic heterocycles. The summed E-state index contributed by atoms with van der Waals surface area (Å²) < 4.78 is 10.8. The molecule has 0 radical (unpaired) electrons. The van der Waals surface area contributed by atoms with Gasteiger partial charge in [-0.2, -0.15) is 0 Å². The highest BCUT2D eigenvalue weighted by atomic mass is 32.1. The molecule has 138 valence electrons. The molecule has 0 spiro atoms. The number of benzene rings is 1. The molecule has 0 saturated carbocycles. The Kier molecular flexibility index (Phi) is 5.38. The Morgan fingerprint density at radius 2 is 2.04 bits per heavy atom. The minimum atomic E-state index is -0.587. The third-order valence-electron chi connectivity index (χ3n) is 4.05. The van der Waals surface area contributed by atoms with E-state index < -0.39 is 10.8 Å². The first-order valence-corrected chi connectivity index (χ1v) is 8.91. The number of hydrogen-bond acceptors (Lipinski definition) is 7. The van der Waals surface area contributed by atoms with Crippen LogP contribution in [-0.2, 0) is 0 Å². The molecule has 1 aliphatic heterocycles. The second-order valence-electron chi connectivity index (χ2n) is 5.97. The van der Waals surface area contributed by atoms with Crippen molar-refractivity contribution in [3.05, 3.63) is 50.2 Å². The molecular weight excluding hydrogens is 358 g/mol. The smallest absolute Gasteiger partial charge is 0.286 e. The summed E-state index contributed by atoms with van der Waals surface area (Å²) in [5.74, 6) is 0.107. The van der Waals surface area contributed by atoms with Gasteiger partial charge >= 0.3 is 0 Å². The molecule has 0 bridgehead atoms. The summed E-state index contributed by atoms with van der Waals surface area (Å²) in [5.41, 5.74) is -0.341. The van der Waals surface area contributed by atoms with Crippen molar-refractivity contribution in [2.75, 3.05) is 33.9 Å². The van der Waals surface area contributed by atoms with Gasteiger partial charge in [0.05, 0.1) is 17.0 Å². The SMILES string of the molecule is CN(C)C(CNC(=O)c1cc2c(cc1[N+](=O)[O-])OCCO2)c1cccs1. The maximum absolute atomic E-state index is 12.6. The Morgan fingerprint density at radius 1 is 1.35 bits per heavy atom. The van der Waals surface area contributed by atoms with Crippen LogP contribution in [0.1, 0.15) is 21.3 Å². The second-order valence-corrected chi connectivity index (χ2v) is 6.95. The van der Waals surface area contributed by atoms with Gasteiger partial charge in [-0.25, -0.2) is 0 Å². The number of carbonyl (C=O) groups excluding carboxylic acids is 1. The molecule has 1 aliphatic rings. The summed E-state index contributed by atoms with van der Waals surface area (Å²) in [6.45, 7) is 0.992. The number of rotatable bonds is 6. The first-order valence-electron chi connectivity index (χ1n) is 8.03. The molecule has 1 amide bonds. The molecule has 2 aromatic rings. The molecule has 1 aromatic carbocycles. The van der Waals surface area contributed by atoms with Crippen LogP contribution in [-0.4, -0.2) is 49.6 Å². The third kappa shape index (κ3) is 3.78. The quantitative estimate of drug-likeness (QED) is 0.614. The van der Waals surface area contributed by atoms with E-state index in [4.69, 9.17) is 9.47 Å². The van der Waals surface area contributed by atoms with Gasteiger partial charge in [0, 0.05) is 17.5 Å². The molecule has 0 aliphatic carbocycles. The van der Waals surface area contributed by atoms with Gasteiger partial charge in [-0.1, -0.05) is 6.07 Å². The number of thiophene rings is 1. The molecule has 9 heteroatoms. The predicted octanol–water partition coefficient (Wildman–Crippen LogP) is 2.46. The molecule has 26 heavy (non-hydrogen) atoms. The first kappa shape index (κ1) is 18.2. The predicted molar refractivity (Wildman–Crippen MR) is 97.2 cm³/mol. The summed E-state index contributed by atoms with van der Waals surface area (Å²) in [6, 6.07) is 6.54. The second kappa shape index (κ2) is 7.71. The lowest BCUT2D eigenvalue weighted by atomic mass is 10.1. The van der Waals surface area contributed by atoms with Gasteiger partial charge in [0.2, 0.25) is 0 Å². The molecule has 8 nitrogen and oxygen atoms in total. The Labute approximate surface area is 154 Å². The van der Waals surface area contributed by atoms with Crippen LogP contribution >= 0.6 is 11.3 Å². The number of nitrogens with zero attached hydrogens (tertiary/aromatic N) is 2. The Hall–Kier alpha value is -2.65. The van der Waals surface area contributed by atoms with Crippen LogP contribution in [0.25, 0.3) is 0 Å². The first-order chi connectivity index (χ1) is 12.5. The molecule has 1 atom stereocenters. The van der Waals surface area contributed by atoms with E-state index in [0.717, 1.165) is 4.88 Å². The van der Waals surface area contributed by atoms with Crippen molar-refractivity contribution in [1.82, 2.24) is 10.2 Å². The number of amides is 1. The van der Waals surface area contributed by atoms with Crippen molar-refractivity contribution >= 4 is 22.9 Å². The number of fused-ring (bicyclic) bond motifs is 1. The van der Waals surface area contributed by atoms with Crippen molar-refractivity contribution in [1.29, 1.82) is 0 Å². The Balaban J connectivity index is 1.81. The summed E-state index contributed by atoms with van der Waals surface area (Å²) in [7, 11) is 3.84. The van der Waals surface area contributed by atoms with E-state index in [9.17, 15) is 14.9 Å². The van der Waals surface area contributed by atoms with Crippen molar-refractivity contribution < 1.29 is 19.2 Å². The molecule has 1 unspecified atom stereocenters. The molecular formula is C17H19N3O5S. The standard InChI is InChI=1S/C17H19N3O5S/c1-19(2)13(16-4-3-7-26-16)10-18-17(21)11-8-14-15(25-6-5-24-14)9-12(11)20(22)23/h3-4,7-9,13H,5-6,10H2,1-2H3,(H,18,21). The number of ether oxygens (including phenoxy) is 2. The lowest BCUT2D eigenvalue weighted by Gasteiger charge is -2.24. The van der Waals surface area contributed by atoms with E-state index in [2.05, 4.69) is 5.32 Å². The number of hydrogen-bond donors (Lipinski definition) is 1. The fourth-order valence-corrected chi connectivity index (χ4v) is 3.64. The topological polar surface area (TPSA) is 93.9 Å². The molecule has 3 rings (SSSR count). The van der Waals surface area contributed by atoms with Gasteiger partial charge in [-0.3, -0.25) is 14.9 Å². The van der Waals surface area contributed by atoms with Crippen molar-refractivity contribution in [2.24, 2.45) is 0 Å². The Bertz CT molecular complexity index is 807. The van der Waals surface area contributed by atoms with Crippen LogP contribution < -0.4 is 14.8 Å². The molecule has 1 N–H and O–H groups in total. The van der Waals surface area contributed by atoms with Gasteiger partial charge in [-0.15, -0.1) is 11.3 Å². The largest absolute Gasteiger partial charge is 0.486 e. The van der Waals surface area contributed by atoms with Crippen LogP contribution in [0, 0.1) is 10.1 Å². The zero-order valence-corrected chi connectivity index (χ0v) is 15.2. The minimum Gasteiger partial charge on any atom is -0.486 e. The van der Waals surface area contributed by atoms with Crippen LogP contribution in [0.15, 0.2) is 29.6 Å². The van der Waals surface area contributed by atoms with E-state index in [1.54, 1.807) is 11.3 Å². The van der Waals surface area contributed by atoms with E-state index >= 15 is 0 Å². The monoisotopic (exact) mass is 377 g/mol. The summed E-state index contributed by atoms with van der Waals surface area (Å²) in [4.78, 5) is 26.5. The van der Waals surface area contributed by atoms with E-state index in [1.165, 1.54) is 12.1 Å². The van der Waals surface area contributed by atoms with E-state index in [-0.39, 0.29) is 23.0 Å². The fourth-order valence-electron chi connectivity index (χ4n) is 2.71. The van der Waals surface area contributed by atoms with Crippen molar-refractivity contribution in [3.8, 4) is 11.5 Å². The van der Waals surface area contributed by atoms with Crippen LogP contribution in [0.5, 0.6) is 11.5 Å². The van der Waals surface area contributed by atoms with Gasteiger partial charge in [0.1, 0.15) is 18.8 Å². The zero-order chi connectivity index (χ0) is 18.7. The summed E-state index contributed by atoms with van der Waals surface area (Å²) >= 11 is 1.60. The van der Waals surface area contributed by atoms with Gasteiger partial charge in [0.15, 0.2) is 11.5 Å². The summed E-state index contributed by atoms with van der Waals surface area (Å²) in [6.07, 6.45) is 0. The normalized spacial score (nSPS) is 14.1. The Morgan fingerprint density at radius 3 is 2.62 bits per heavy atom. The number of nitro benzene ring substituents is 1. The minimum absolute atomic E-state index is 0.0183. The number of nitrogens with one attached hydrogen (secondary N) is 1. The summed E-state index contributed by atoms with van der Waals surface area (Å²) in [5, 5.41) is 16.1. The number of nitro groups is 1. The van der Waals surface area contributed by atoms with Gasteiger partial charge < -0.3 is 19.7 Å². The maximum atomic E-state index is 12.6. The lowest BCUT2D eigenvalue weighted by molar-refractivity contribution is -0.385. The highest BCUT2D eigenvalue weighted by Gasteiger charge is 2.27. The average Bonchev–Trinajstić information content (AvgIpc) is 3.14. The van der Waals surface area contributed by atoms with Crippen molar-refractivity contribution in [3.63, 3.8) is 0 Å². The van der Waals surface area contributed by atoms with Gasteiger partial charge in [-0.05, 0) is 25.5 Å². The molecule has 0 fully saturated rings. The highest BCUT2D eigenvalue weighted by Crippen LogP contribution is 2.36. The lowest BCUT2D eigenvalue weighted by Crippen LogP contribution is -2.34. The van der Waals surface area contributed by atoms with E-state index in [1.807, 2.05) is 36.5 Å². The average molecular weight is 377 g/mol.